The van der Waals surface area contributed by atoms with Gasteiger partial charge in [0, 0.05) is 25.2 Å². The fourth-order valence-electron chi connectivity index (χ4n) is 2.07. The Balaban J connectivity index is 2.87. The molecule has 0 aliphatic carbocycles. The van der Waals surface area contributed by atoms with E-state index in [1.54, 1.807) is 6.08 Å². The molecular formula is C15H19Cl2N3. The van der Waals surface area contributed by atoms with Crippen molar-refractivity contribution >= 4 is 35.6 Å². The standard InChI is InChI=1S/C15H19Cl2N3/c1-4-6-12(5-2)9-20-8-7-13(15(17)18-3)14(10-20)19-11-16/h4-6H,1-3,7-11H2/b12-6+,15-13-,19-14-. The number of hydrogen-bond acceptors (Lipinski definition) is 3. The Morgan fingerprint density at radius 1 is 1.40 bits per heavy atom. The van der Waals surface area contributed by atoms with Gasteiger partial charge in [0.15, 0.2) is 0 Å². The summed E-state index contributed by atoms with van der Waals surface area (Å²) in [6, 6.07) is 0.213. The maximum absolute atomic E-state index is 6.07. The number of hydrogen-bond donors (Lipinski definition) is 0. The Labute approximate surface area is 130 Å². The molecule has 0 N–H and O–H groups in total. The molecule has 1 aliphatic rings. The van der Waals surface area contributed by atoms with Gasteiger partial charge in [-0.25, -0.2) is 0 Å². The van der Waals surface area contributed by atoms with Gasteiger partial charge in [-0.1, -0.05) is 43.0 Å². The summed E-state index contributed by atoms with van der Waals surface area (Å²) in [4.78, 5) is 10.4. The van der Waals surface area contributed by atoms with Gasteiger partial charge in [0.2, 0.25) is 0 Å². The predicted molar refractivity (Wildman–Crippen MR) is 90.1 cm³/mol. The van der Waals surface area contributed by atoms with Crippen molar-refractivity contribution in [2.24, 2.45) is 9.98 Å². The highest BCUT2D eigenvalue weighted by molar-refractivity contribution is 6.32. The van der Waals surface area contributed by atoms with E-state index < -0.39 is 0 Å². The van der Waals surface area contributed by atoms with Crippen LogP contribution in [0.4, 0.5) is 0 Å². The number of rotatable bonds is 6. The van der Waals surface area contributed by atoms with E-state index in [1.807, 2.05) is 12.2 Å². The smallest absolute Gasteiger partial charge is 0.133 e. The van der Waals surface area contributed by atoms with Crippen LogP contribution in [0.3, 0.4) is 0 Å². The molecule has 1 fully saturated rings. The molecule has 0 saturated carbocycles. The van der Waals surface area contributed by atoms with Crippen LogP contribution < -0.4 is 0 Å². The minimum Gasteiger partial charge on any atom is -0.293 e. The zero-order valence-corrected chi connectivity index (χ0v) is 13.0. The summed E-state index contributed by atoms with van der Waals surface area (Å²) in [6.45, 7) is 13.3. The molecule has 5 heteroatoms. The highest BCUT2D eigenvalue weighted by atomic mass is 35.5. The van der Waals surface area contributed by atoms with E-state index in [2.05, 4.69) is 34.8 Å². The zero-order valence-electron chi connectivity index (χ0n) is 11.5. The first-order chi connectivity index (χ1) is 9.65. The summed E-state index contributed by atoms with van der Waals surface area (Å²) >= 11 is 11.8. The number of halogens is 2. The molecule has 0 bridgehead atoms. The Morgan fingerprint density at radius 2 is 2.15 bits per heavy atom. The van der Waals surface area contributed by atoms with E-state index >= 15 is 0 Å². The molecule has 3 nitrogen and oxygen atoms in total. The predicted octanol–water partition coefficient (Wildman–Crippen LogP) is 3.78. The van der Waals surface area contributed by atoms with E-state index in [1.165, 1.54) is 0 Å². The van der Waals surface area contributed by atoms with Gasteiger partial charge in [-0.2, -0.15) is 0 Å². The highest BCUT2D eigenvalue weighted by Crippen LogP contribution is 2.22. The van der Waals surface area contributed by atoms with Gasteiger partial charge in [-0.3, -0.25) is 14.9 Å². The lowest BCUT2D eigenvalue weighted by molar-refractivity contribution is 0.332. The normalized spacial score (nSPS) is 21.7. The van der Waals surface area contributed by atoms with Crippen molar-refractivity contribution in [1.29, 1.82) is 0 Å². The van der Waals surface area contributed by atoms with E-state index in [0.29, 0.717) is 11.7 Å². The third-order valence-electron chi connectivity index (χ3n) is 3.04. The SMILES string of the molecule is C=C/C=C(\C=C)CN1CCC(=C(\Cl)N=C)/C(=N\CCl)C1. The van der Waals surface area contributed by atoms with Crippen molar-refractivity contribution in [3.8, 4) is 0 Å². The Bertz CT molecular complexity index is 476. The molecule has 20 heavy (non-hydrogen) atoms. The van der Waals surface area contributed by atoms with Crippen molar-refractivity contribution in [3.05, 3.63) is 47.7 Å². The van der Waals surface area contributed by atoms with Gasteiger partial charge in [0.1, 0.15) is 11.2 Å². The van der Waals surface area contributed by atoms with E-state index in [4.69, 9.17) is 23.2 Å². The van der Waals surface area contributed by atoms with Gasteiger partial charge in [0.05, 0.1) is 5.71 Å². The number of nitrogens with zero attached hydrogens (tertiary/aromatic N) is 3. The average molecular weight is 312 g/mol. The molecule has 1 saturated heterocycles. The van der Waals surface area contributed by atoms with Crippen LogP contribution in [0.25, 0.3) is 0 Å². The summed E-state index contributed by atoms with van der Waals surface area (Å²) < 4.78 is 0. The van der Waals surface area contributed by atoms with Gasteiger partial charge in [-0.05, 0) is 18.7 Å². The summed E-state index contributed by atoms with van der Waals surface area (Å²) in [5.41, 5.74) is 2.93. The summed E-state index contributed by atoms with van der Waals surface area (Å²) in [5.74, 6) is 0. The summed E-state index contributed by atoms with van der Waals surface area (Å²) in [6.07, 6.45) is 6.34. The van der Waals surface area contributed by atoms with Crippen LogP contribution in [0, 0.1) is 0 Å². The average Bonchev–Trinajstić information content (AvgIpc) is 2.46. The first-order valence-electron chi connectivity index (χ1n) is 6.27. The van der Waals surface area contributed by atoms with Crippen molar-refractivity contribution < 1.29 is 0 Å². The largest absolute Gasteiger partial charge is 0.293 e. The molecule has 0 amide bonds. The van der Waals surface area contributed by atoms with Crippen LogP contribution in [0.5, 0.6) is 0 Å². The lowest BCUT2D eigenvalue weighted by atomic mass is 10.0. The monoisotopic (exact) mass is 311 g/mol. The lowest BCUT2D eigenvalue weighted by Crippen LogP contribution is -2.38. The Morgan fingerprint density at radius 3 is 2.70 bits per heavy atom. The minimum atomic E-state index is 0.213. The number of likely N-dealkylation sites (tertiary alicyclic amines) is 1. The summed E-state index contributed by atoms with van der Waals surface area (Å²) in [5, 5.41) is 0.416. The van der Waals surface area contributed by atoms with Crippen LogP contribution in [0.1, 0.15) is 6.42 Å². The number of allylic oxidation sites excluding steroid dienone is 2. The van der Waals surface area contributed by atoms with Gasteiger partial charge in [0.25, 0.3) is 0 Å². The van der Waals surface area contributed by atoms with Crippen molar-refractivity contribution in [2.45, 2.75) is 6.42 Å². The quantitative estimate of drug-likeness (QED) is 0.317. The van der Waals surface area contributed by atoms with Crippen molar-refractivity contribution in [1.82, 2.24) is 4.90 Å². The van der Waals surface area contributed by atoms with E-state index in [-0.39, 0.29) is 6.00 Å². The molecule has 1 heterocycles. The van der Waals surface area contributed by atoms with Crippen LogP contribution in [-0.4, -0.2) is 43.0 Å². The molecule has 0 aromatic rings. The molecule has 108 valence electrons. The second-order valence-corrected chi connectivity index (χ2v) is 4.89. The first-order valence-corrected chi connectivity index (χ1v) is 7.18. The molecular weight excluding hydrogens is 293 g/mol. The fraction of sp³-hybridized carbons (Fsp3) is 0.333. The molecule has 0 unspecified atom stereocenters. The third kappa shape index (κ3) is 4.75. The highest BCUT2D eigenvalue weighted by Gasteiger charge is 2.22. The second kappa shape index (κ2) is 8.90. The molecule has 1 rings (SSSR count). The topological polar surface area (TPSA) is 28.0 Å². The molecule has 0 atom stereocenters. The maximum Gasteiger partial charge on any atom is 0.133 e. The van der Waals surface area contributed by atoms with Gasteiger partial charge in [-0.15, -0.1) is 11.6 Å². The molecule has 0 aromatic carbocycles. The van der Waals surface area contributed by atoms with Crippen LogP contribution in [-0.2, 0) is 0 Å². The number of piperidine rings is 1. The van der Waals surface area contributed by atoms with E-state index in [9.17, 15) is 0 Å². The van der Waals surface area contributed by atoms with Crippen LogP contribution in [0.2, 0.25) is 0 Å². The number of alkyl halides is 1. The van der Waals surface area contributed by atoms with Gasteiger partial charge < -0.3 is 0 Å². The van der Waals surface area contributed by atoms with Crippen molar-refractivity contribution in [2.75, 3.05) is 25.6 Å². The third-order valence-corrected chi connectivity index (χ3v) is 3.51. The zero-order chi connectivity index (χ0) is 15.0. The van der Waals surface area contributed by atoms with E-state index in [0.717, 1.165) is 36.4 Å². The molecule has 0 aromatic heterocycles. The second-order valence-electron chi connectivity index (χ2n) is 4.29. The molecule has 0 radical (unpaired) electrons. The summed E-state index contributed by atoms with van der Waals surface area (Å²) in [7, 11) is 0. The molecule has 1 aliphatic heterocycles. The van der Waals surface area contributed by atoms with Crippen LogP contribution in [0.15, 0.2) is 57.7 Å². The first kappa shape index (κ1) is 16.9. The Hall–Kier alpha value is -1.16. The molecule has 0 spiro atoms. The van der Waals surface area contributed by atoms with Gasteiger partial charge >= 0.3 is 0 Å². The lowest BCUT2D eigenvalue weighted by Gasteiger charge is -2.30. The number of aliphatic imine (C=N–C) groups is 2. The van der Waals surface area contributed by atoms with Crippen LogP contribution >= 0.6 is 23.2 Å². The Kier molecular flexibility index (Phi) is 7.52. The maximum atomic E-state index is 6.07. The fourth-order valence-corrected chi connectivity index (χ4v) is 2.41. The minimum absolute atomic E-state index is 0.213. The van der Waals surface area contributed by atoms with Crippen molar-refractivity contribution in [3.63, 3.8) is 0 Å².